The zero-order valence-electron chi connectivity index (χ0n) is 25.5. The molecule has 3 aliphatic rings. The molecule has 41 heavy (non-hydrogen) atoms. The van der Waals surface area contributed by atoms with Crippen LogP contribution in [0.2, 0.25) is 0 Å². The van der Waals surface area contributed by atoms with Gasteiger partial charge in [0.1, 0.15) is 17.4 Å². The number of aliphatic hydroxyl groups excluding tert-OH is 1. The summed E-state index contributed by atoms with van der Waals surface area (Å²) in [6.07, 6.45) is 0.554. The van der Waals surface area contributed by atoms with E-state index in [4.69, 9.17) is 9.47 Å². The lowest BCUT2D eigenvalue weighted by molar-refractivity contribution is -0.147. The highest BCUT2D eigenvalue weighted by atomic mass is 79.9. The van der Waals surface area contributed by atoms with Crippen LogP contribution in [0.3, 0.4) is 0 Å². The average Bonchev–Trinajstić information content (AvgIpc) is 3.42. The molecule has 1 aromatic carbocycles. The van der Waals surface area contributed by atoms with E-state index in [1.165, 1.54) is 4.90 Å². The molecule has 0 aliphatic carbocycles. The second-order valence-electron chi connectivity index (χ2n) is 14.0. The number of nitrogens with zero attached hydrogens (tertiary/aromatic N) is 1. The van der Waals surface area contributed by atoms with E-state index in [2.05, 4.69) is 47.3 Å². The number of halogens is 1. The number of hydrogen-bond acceptors (Lipinski definition) is 6. The number of amides is 3. The number of rotatable bonds is 10. The van der Waals surface area contributed by atoms with Gasteiger partial charge in [-0.25, -0.2) is 0 Å². The van der Waals surface area contributed by atoms with Crippen LogP contribution >= 0.6 is 15.9 Å². The number of alkyl halides is 1. The molecule has 3 unspecified atom stereocenters. The van der Waals surface area contributed by atoms with E-state index >= 15 is 0 Å². The highest BCUT2D eigenvalue weighted by Gasteiger charge is 2.77. The minimum absolute atomic E-state index is 0.0400. The molecule has 0 aromatic heterocycles. The van der Waals surface area contributed by atoms with Crippen LogP contribution in [0, 0.1) is 23.2 Å². The Labute approximate surface area is 252 Å². The summed E-state index contributed by atoms with van der Waals surface area (Å²) >= 11 is 3.72. The predicted octanol–water partition coefficient (Wildman–Crippen LogP) is 4.12. The summed E-state index contributed by atoms with van der Waals surface area (Å²) in [5.41, 5.74) is -1.21. The molecular weight excluding hydrogens is 590 g/mol. The number of hydrogen-bond donors (Lipinski definition) is 3. The lowest BCUT2D eigenvalue weighted by Gasteiger charge is -2.41. The summed E-state index contributed by atoms with van der Waals surface area (Å²) < 4.78 is 12.1. The number of anilines is 1. The van der Waals surface area contributed by atoms with Gasteiger partial charge in [0, 0.05) is 16.1 Å². The Balaban J connectivity index is 1.70. The number of aliphatic hydroxyl groups is 1. The van der Waals surface area contributed by atoms with Crippen molar-refractivity contribution in [2.45, 2.75) is 102 Å². The maximum Gasteiger partial charge on any atom is 0.246 e. The number of carbonyl (C=O) groups excluding carboxylic acids is 3. The third kappa shape index (κ3) is 6.02. The van der Waals surface area contributed by atoms with Crippen LogP contribution in [-0.4, -0.2) is 75.1 Å². The molecule has 1 spiro atoms. The summed E-state index contributed by atoms with van der Waals surface area (Å²) in [7, 11) is 0. The molecule has 3 amide bonds. The predicted molar refractivity (Wildman–Crippen MR) is 161 cm³/mol. The van der Waals surface area contributed by atoms with Gasteiger partial charge in [-0.1, -0.05) is 50.5 Å². The minimum atomic E-state index is -1.19. The van der Waals surface area contributed by atoms with Crippen molar-refractivity contribution < 1.29 is 29.0 Å². The third-order valence-electron chi connectivity index (χ3n) is 8.46. The molecule has 1 aromatic rings. The second-order valence-corrected chi connectivity index (χ2v) is 15.1. The molecule has 4 rings (SSSR count). The standard InChI is InChI=1S/C31H46BrN3O6/c1-9-40-19-12-10-18(11-13-19)33-26(37)22-23-28(39)35(21(15-36)17(2)3)25(31(23)14-20(32)24(22)41-31)27(38)34-30(7,8)16-29(4,5)6/h10-13,17,20-25,36H,9,14-16H2,1-8H3,(H,33,37)(H,34,38)/t20?,21-,22+,23-,24+,25?,31?/m0/s1. The summed E-state index contributed by atoms with van der Waals surface area (Å²) in [5.74, 6) is -2.04. The maximum atomic E-state index is 14.3. The van der Waals surface area contributed by atoms with E-state index in [9.17, 15) is 19.5 Å². The number of likely N-dealkylation sites (tertiary alicyclic amines) is 1. The summed E-state index contributed by atoms with van der Waals surface area (Å²) in [4.78, 5) is 43.7. The smallest absolute Gasteiger partial charge is 0.246 e. The molecule has 228 valence electrons. The highest BCUT2D eigenvalue weighted by molar-refractivity contribution is 9.09. The van der Waals surface area contributed by atoms with E-state index in [0.717, 1.165) is 0 Å². The molecule has 3 saturated heterocycles. The first-order valence-corrected chi connectivity index (χ1v) is 15.6. The van der Waals surface area contributed by atoms with Gasteiger partial charge in [0.15, 0.2) is 0 Å². The Bertz CT molecular complexity index is 1150. The molecule has 0 saturated carbocycles. The molecule has 10 heteroatoms. The van der Waals surface area contributed by atoms with Crippen LogP contribution in [0.15, 0.2) is 24.3 Å². The fraction of sp³-hybridized carbons (Fsp3) is 0.710. The first-order valence-electron chi connectivity index (χ1n) is 14.7. The van der Waals surface area contributed by atoms with Crippen molar-refractivity contribution in [1.82, 2.24) is 10.2 Å². The maximum absolute atomic E-state index is 14.3. The summed E-state index contributed by atoms with van der Waals surface area (Å²) in [6, 6.07) is 5.50. The number of ether oxygens (including phenoxy) is 2. The Kier molecular flexibility index (Phi) is 8.90. The zero-order chi connectivity index (χ0) is 30.5. The van der Waals surface area contributed by atoms with E-state index in [1.54, 1.807) is 24.3 Å². The van der Waals surface area contributed by atoms with Crippen molar-refractivity contribution >= 4 is 39.3 Å². The molecule has 3 aliphatic heterocycles. The van der Waals surface area contributed by atoms with Crippen LogP contribution in [-0.2, 0) is 19.1 Å². The van der Waals surface area contributed by atoms with Gasteiger partial charge in [0.05, 0.1) is 37.2 Å². The van der Waals surface area contributed by atoms with Crippen LogP contribution < -0.4 is 15.4 Å². The number of benzene rings is 1. The Hall–Kier alpha value is -2.17. The fourth-order valence-electron chi connectivity index (χ4n) is 7.44. The quantitative estimate of drug-likeness (QED) is 0.333. The second kappa shape index (κ2) is 11.5. The highest BCUT2D eigenvalue weighted by Crippen LogP contribution is 2.60. The first kappa shape index (κ1) is 31.8. The third-order valence-corrected chi connectivity index (χ3v) is 9.30. The average molecular weight is 637 g/mol. The van der Waals surface area contributed by atoms with Gasteiger partial charge in [0.2, 0.25) is 17.7 Å². The zero-order valence-corrected chi connectivity index (χ0v) is 27.1. The number of carbonyl (C=O) groups is 3. The lowest BCUT2D eigenvalue weighted by atomic mass is 9.70. The Morgan fingerprint density at radius 1 is 1.17 bits per heavy atom. The van der Waals surface area contributed by atoms with Gasteiger partial charge < -0.3 is 30.1 Å². The molecule has 3 N–H and O–H groups in total. The largest absolute Gasteiger partial charge is 0.494 e. The Morgan fingerprint density at radius 2 is 1.80 bits per heavy atom. The van der Waals surface area contributed by atoms with Crippen molar-refractivity contribution in [2.24, 2.45) is 23.2 Å². The van der Waals surface area contributed by atoms with Crippen molar-refractivity contribution in [2.75, 3.05) is 18.5 Å². The molecular formula is C31H46BrN3O6. The summed E-state index contributed by atoms with van der Waals surface area (Å²) in [6.45, 7) is 16.3. The van der Waals surface area contributed by atoms with Crippen LogP contribution in [0.25, 0.3) is 0 Å². The van der Waals surface area contributed by atoms with Crippen molar-refractivity contribution in [3.8, 4) is 5.75 Å². The van der Waals surface area contributed by atoms with Crippen molar-refractivity contribution in [3.05, 3.63) is 24.3 Å². The van der Waals surface area contributed by atoms with Gasteiger partial charge in [0.25, 0.3) is 0 Å². The minimum Gasteiger partial charge on any atom is -0.494 e. The first-order chi connectivity index (χ1) is 19.0. The topological polar surface area (TPSA) is 117 Å². The molecule has 2 bridgehead atoms. The molecule has 3 heterocycles. The fourth-order valence-corrected chi connectivity index (χ4v) is 8.39. The SMILES string of the molecule is CCOc1ccc(NC(=O)[C@H]2[C@@H]3OC4(CC3Br)C(C(=O)NC(C)(C)CC(C)(C)C)N([C@@H](CO)C(C)C)C(=O)[C@H]24)cc1. The van der Waals surface area contributed by atoms with Gasteiger partial charge in [-0.05, 0) is 69.2 Å². The van der Waals surface area contributed by atoms with Gasteiger partial charge in [-0.2, -0.15) is 0 Å². The number of nitrogens with one attached hydrogen (secondary N) is 2. The van der Waals surface area contributed by atoms with E-state index in [1.807, 2.05) is 34.6 Å². The Morgan fingerprint density at radius 3 is 2.34 bits per heavy atom. The molecule has 0 radical (unpaired) electrons. The van der Waals surface area contributed by atoms with E-state index in [-0.39, 0.29) is 40.5 Å². The summed E-state index contributed by atoms with van der Waals surface area (Å²) in [5, 5.41) is 16.6. The monoisotopic (exact) mass is 635 g/mol. The van der Waals surface area contributed by atoms with Crippen LogP contribution in [0.4, 0.5) is 5.69 Å². The van der Waals surface area contributed by atoms with Crippen LogP contribution in [0.1, 0.15) is 68.2 Å². The van der Waals surface area contributed by atoms with E-state index < -0.39 is 41.2 Å². The van der Waals surface area contributed by atoms with Crippen molar-refractivity contribution in [3.63, 3.8) is 0 Å². The normalized spacial score (nSPS) is 30.0. The van der Waals surface area contributed by atoms with Gasteiger partial charge >= 0.3 is 0 Å². The number of fused-ring (bicyclic) bond motifs is 1. The molecule has 7 atom stereocenters. The van der Waals surface area contributed by atoms with Crippen molar-refractivity contribution in [1.29, 1.82) is 0 Å². The molecule has 9 nitrogen and oxygen atoms in total. The lowest BCUT2D eigenvalue weighted by Crippen LogP contribution is -2.62. The molecule has 3 fully saturated rings. The van der Waals surface area contributed by atoms with Gasteiger partial charge in [-0.15, -0.1) is 0 Å². The van der Waals surface area contributed by atoms with E-state index in [0.29, 0.717) is 30.9 Å². The van der Waals surface area contributed by atoms with Crippen LogP contribution in [0.5, 0.6) is 5.75 Å². The van der Waals surface area contributed by atoms with Gasteiger partial charge in [-0.3, -0.25) is 14.4 Å².